The van der Waals surface area contributed by atoms with Crippen LogP contribution in [0.25, 0.3) is 0 Å². The highest BCUT2D eigenvalue weighted by atomic mass is 19.1. The fourth-order valence-electron chi connectivity index (χ4n) is 2.28. The van der Waals surface area contributed by atoms with E-state index in [2.05, 4.69) is 5.32 Å². The smallest absolute Gasteiger partial charge is 0.490 e. The van der Waals surface area contributed by atoms with Crippen molar-refractivity contribution < 1.29 is 28.6 Å². The van der Waals surface area contributed by atoms with E-state index in [-0.39, 0.29) is 17.7 Å². The number of hydrogen-bond donors (Lipinski definition) is 3. The van der Waals surface area contributed by atoms with Crippen molar-refractivity contribution in [2.45, 2.75) is 25.2 Å². The average Bonchev–Trinajstić information content (AvgIpc) is 2.28. The quantitative estimate of drug-likeness (QED) is 0.563. The molecular formula is C12H13FN2O5. The van der Waals surface area contributed by atoms with Crippen molar-refractivity contribution in [3.05, 3.63) is 29.6 Å². The molecule has 2 rings (SSSR count). The lowest BCUT2D eigenvalue weighted by molar-refractivity contribution is -0.0731. The fraction of sp³-hybridized carbons (Fsp3) is 0.333. The zero-order chi connectivity index (χ0) is 14.9. The van der Waals surface area contributed by atoms with E-state index < -0.39 is 29.8 Å². The van der Waals surface area contributed by atoms with Crippen LogP contribution in [0.15, 0.2) is 18.2 Å². The molecule has 2 amide bonds. The van der Waals surface area contributed by atoms with Gasteiger partial charge in [-0.3, -0.25) is 5.32 Å². The summed E-state index contributed by atoms with van der Waals surface area (Å²) < 4.78 is 23.7. The van der Waals surface area contributed by atoms with E-state index in [1.54, 1.807) is 6.92 Å². The Morgan fingerprint density at radius 2 is 2.30 bits per heavy atom. The van der Waals surface area contributed by atoms with Gasteiger partial charge in [-0.1, -0.05) is 0 Å². The molecule has 0 radical (unpaired) electrons. The number of urea groups is 1. The van der Waals surface area contributed by atoms with Gasteiger partial charge in [0.05, 0.1) is 5.56 Å². The van der Waals surface area contributed by atoms with Crippen molar-refractivity contribution in [2.75, 3.05) is 0 Å². The summed E-state index contributed by atoms with van der Waals surface area (Å²) in [6, 6.07) is 2.55. The topological polar surface area (TPSA) is 111 Å². The molecule has 0 aromatic heterocycles. The number of fused-ring (bicyclic) bond motifs is 1. The number of carbonyl (C=O) groups is 2. The van der Waals surface area contributed by atoms with Crippen LogP contribution in [0.2, 0.25) is 0 Å². The Morgan fingerprint density at radius 1 is 1.60 bits per heavy atom. The molecule has 4 N–H and O–H groups in total. The minimum atomic E-state index is -1.77. The number of hydrogen-bond acceptors (Lipinski definition) is 4. The highest BCUT2D eigenvalue weighted by Crippen LogP contribution is 2.40. The summed E-state index contributed by atoms with van der Waals surface area (Å²) in [5.74, 6) is -0.397. The maximum Gasteiger partial charge on any atom is 0.508 e. The summed E-state index contributed by atoms with van der Waals surface area (Å²) in [7, 11) is 0. The lowest BCUT2D eigenvalue weighted by atomic mass is 9.92. The normalized spacial score (nSPS) is 24.2. The number of halogens is 1. The van der Waals surface area contributed by atoms with E-state index in [1.165, 1.54) is 6.07 Å². The SMILES string of the molecule is C[C@@H]1C[C@](NC(N)=O)(OC(=O)O)c2cc(F)ccc2O1. The van der Waals surface area contributed by atoms with Crippen molar-refractivity contribution in [1.82, 2.24) is 5.32 Å². The van der Waals surface area contributed by atoms with Crippen LogP contribution < -0.4 is 15.8 Å². The van der Waals surface area contributed by atoms with E-state index in [0.717, 1.165) is 12.1 Å². The van der Waals surface area contributed by atoms with Crippen LogP contribution in [0.4, 0.5) is 14.0 Å². The molecule has 20 heavy (non-hydrogen) atoms. The molecule has 0 saturated heterocycles. The van der Waals surface area contributed by atoms with Gasteiger partial charge in [-0.15, -0.1) is 0 Å². The van der Waals surface area contributed by atoms with Crippen LogP contribution >= 0.6 is 0 Å². The van der Waals surface area contributed by atoms with Crippen LogP contribution in [-0.4, -0.2) is 23.4 Å². The molecule has 1 aliphatic heterocycles. The monoisotopic (exact) mass is 284 g/mol. The lowest BCUT2D eigenvalue weighted by Gasteiger charge is -2.39. The standard InChI is InChI=1S/C12H13FN2O5/c1-6-5-12(15-10(14)16,20-11(17)18)8-4-7(13)2-3-9(8)19-6/h2-4,6H,5H2,1H3,(H,17,18)(H3,14,15,16)/t6-,12+/m1/s1. The number of nitrogens with two attached hydrogens (primary N) is 1. The fourth-order valence-corrected chi connectivity index (χ4v) is 2.28. The molecule has 1 heterocycles. The number of benzene rings is 1. The van der Waals surface area contributed by atoms with Crippen LogP contribution in [0.5, 0.6) is 5.75 Å². The van der Waals surface area contributed by atoms with E-state index in [0.29, 0.717) is 0 Å². The Balaban J connectivity index is 2.57. The molecule has 0 spiro atoms. The highest BCUT2D eigenvalue weighted by molar-refractivity contribution is 5.73. The van der Waals surface area contributed by atoms with E-state index in [9.17, 15) is 14.0 Å². The molecule has 8 heteroatoms. The zero-order valence-electron chi connectivity index (χ0n) is 10.6. The Bertz CT molecular complexity index is 547. The largest absolute Gasteiger partial charge is 0.508 e. The van der Waals surface area contributed by atoms with Gasteiger partial charge in [-0.05, 0) is 25.1 Å². The molecule has 1 aromatic rings. The van der Waals surface area contributed by atoms with Crippen molar-refractivity contribution >= 4 is 12.2 Å². The summed E-state index contributed by atoms with van der Waals surface area (Å²) >= 11 is 0. The van der Waals surface area contributed by atoms with Gasteiger partial charge in [0.2, 0.25) is 5.72 Å². The van der Waals surface area contributed by atoms with Gasteiger partial charge in [-0.2, -0.15) is 0 Å². The first-order chi connectivity index (χ1) is 9.32. The summed E-state index contributed by atoms with van der Waals surface area (Å²) in [4.78, 5) is 22.1. The predicted octanol–water partition coefficient (Wildman–Crippen LogP) is 1.51. The molecule has 7 nitrogen and oxygen atoms in total. The number of carboxylic acid groups (broad SMARTS) is 1. The lowest BCUT2D eigenvalue weighted by Crippen LogP contribution is -2.55. The van der Waals surface area contributed by atoms with E-state index >= 15 is 0 Å². The number of nitrogens with one attached hydrogen (secondary N) is 1. The average molecular weight is 284 g/mol. The van der Waals surface area contributed by atoms with Gasteiger partial charge in [0.15, 0.2) is 0 Å². The number of rotatable bonds is 2. The molecule has 0 saturated carbocycles. The first-order valence-corrected chi connectivity index (χ1v) is 5.78. The predicted molar refractivity (Wildman–Crippen MR) is 64.6 cm³/mol. The third-order valence-electron chi connectivity index (χ3n) is 2.87. The van der Waals surface area contributed by atoms with Crippen LogP contribution in [0.1, 0.15) is 18.9 Å². The third kappa shape index (κ3) is 2.58. The second-order valence-electron chi connectivity index (χ2n) is 4.46. The molecule has 0 fully saturated rings. The molecule has 0 bridgehead atoms. The zero-order valence-corrected chi connectivity index (χ0v) is 10.6. The molecule has 2 atom stereocenters. The molecule has 0 aliphatic carbocycles. The summed E-state index contributed by atoms with van der Waals surface area (Å²) in [6.45, 7) is 1.66. The van der Waals surface area contributed by atoms with Crippen molar-refractivity contribution in [2.24, 2.45) is 5.73 Å². The molecule has 108 valence electrons. The molecule has 1 aliphatic rings. The van der Waals surface area contributed by atoms with Gasteiger partial charge >= 0.3 is 12.2 Å². The summed E-state index contributed by atoms with van der Waals surface area (Å²) in [6.07, 6.45) is -2.11. The maximum atomic E-state index is 13.4. The van der Waals surface area contributed by atoms with E-state index in [1.807, 2.05) is 0 Å². The number of amides is 2. The van der Waals surface area contributed by atoms with Gasteiger partial charge < -0.3 is 20.3 Å². The number of ether oxygens (including phenoxy) is 2. The minimum absolute atomic E-state index is 0.0291. The summed E-state index contributed by atoms with van der Waals surface area (Å²) in [5.41, 5.74) is 3.36. The first kappa shape index (κ1) is 13.9. The minimum Gasteiger partial charge on any atom is -0.490 e. The van der Waals surface area contributed by atoms with E-state index in [4.69, 9.17) is 20.3 Å². The van der Waals surface area contributed by atoms with Crippen molar-refractivity contribution in [1.29, 1.82) is 0 Å². The Morgan fingerprint density at radius 3 is 2.90 bits per heavy atom. The second kappa shape index (κ2) is 4.87. The van der Waals surface area contributed by atoms with Gasteiger partial charge in [0, 0.05) is 6.42 Å². The van der Waals surface area contributed by atoms with Crippen LogP contribution in [0, 0.1) is 5.82 Å². The highest BCUT2D eigenvalue weighted by Gasteiger charge is 2.45. The number of carbonyl (C=O) groups excluding carboxylic acids is 1. The summed E-state index contributed by atoms with van der Waals surface area (Å²) in [5, 5.41) is 11.1. The van der Waals surface area contributed by atoms with Gasteiger partial charge in [0.25, 0.3) is 0 Å². The molecular weight excluding hydrogens is 271 g/mol. The Hall–Kier alpha value is -2.51. The Kier molecular flexibility index (Phi) is 3.39. The number of primary amides is 1. The van der Waals surface area contributed by atoms with Gasteiger partial charge in [0.1, 0.15) is 17.7 Å². The maximum absolute atomic E-state index is 13.4. The van der Waals surface area contributed by atoms with Crippen LogP contribution in [-0.2, 0) is 10.5 Å². The second-order valence-corrected chi connectivity index (χ2v) is 4.46. The third-order valence-corrected chi connectivity index (χ3v) is 2.87. The van der Waals surface area contributed by atoms with Crippen molar-refractivity contribution in [3.8, 4) is 5.75 Å². The van der Waals surface area contributed by atoms with Gasteiger partial charge in [-0.25, -0.2) is 14.0 Å². The molecule has 0 unspecified atom stereocenters. The molecule has 1 aromatic carbocycles. The first-order valence-electron chi connectivity index (χ1n) is 5.78. The Labute approximate surface area is 113 Å². The van der Waals surface area contributed by atoms with Crippen molar-refractivity contribution in [3.63, 3.8) is 0 Å². The van der Waals surface area contributed by atoms with Crippen LogP contribution in [0.3, 0.4) is 0 Å².